The monoisotopic (exact) mass is 239 g/mol. The molecule has 0 N–H and O–H groups in total. The van der Waals surface area contributed by atoms with Gasteiger partial charge in [0.1, 0.15) is 11.8 Å². The van der Waals surface area contributed by atoms with Crippen molar-refractivity contribution in [2.75, 3.05) is 11.9 Å². The Kier molecular flexibility index (Phi) is 3.49. The summed E-state index contributed by atoms with van der Waals surface area (Å²) in [6.45, 7) is 2.51. The maximum atomic E-state index is 8.89. The van der Waals surface area contributed by atoms with Crippen LogP contribution in [0.15, 0.2) is 30.6 Å². The van der Waals surface area contributed by atoms with Crippen LogP contribution in [0.3, 0.4) is 0 Å². The fourth-order valence-corrected chi connectivity index (χ4v) is 1.62. The molecule has 0 bridgehead atoms. The van der Waals surface area contributed by atoms with Crippen molar-refractivity contribution >= 4 is 5.95 Å². The fraction of sp³-hybridized carbons (Fsp3) is 0.231. The van der Waals surface area contributed by atoms with Crippen LogP contribution in [0, 0.1) is 18.3 Å². The highest BCUT2D eigenvalue weighted by Gasteiger charge is 2.07. The molecule has 18 heavy (non-hydrogen) atoms. The van der Waals surface area contributed by atoms with Crippen molar-refractivity contribution in [1.29, 1.82) is 5.26 Å². The van der Waals surface area contributed by atoms with Gasteiger partial charge in [0.15, 0.2) is 0 Å². The number of hydrogen-bond acceptors (Lipinski definition) is 5. The summed E-state index contributed by atoms with van der Waals surface area (Å²) in [5.41, 5.74) is 2.24. The van der Waals surface area contributed by atoms with Crippen LogP contribution in [-0.4, -0.2) is 22.0 Å². The Hall–Kier alpha value is -2.48. The van der Waals surface area contributed by atoms with E-state index in [1.807, 2.05) is 37.1 Å². The number of anilines is 1. The highest BCUT2D eigenvalue weighted by atomic mass is 15.2. The van der Waals surface area contributed by atoms with Crippen molar-refractivity contribution in [3.8, 4) is 6.07 Å². The third kappa shape index (κ3) is 2.80. The van der Waals surface area contributed by atoms with Gasteiger partial charge in [0.25, 0.3) is 0 Å². The molecule has 0 saturated heterocycles. The van der Waals surface area contributed by atoms with Crippen molar-refractivity contribution in [2.45, 2.75) is 13.5 Å². The summed E-state index contributed by atoms with van der Waals surface area (Å²) >= 11 is 0. The number of nitrogens with zero attached hydrogens (tertiary/aromatic N) is 5. The minimum Gasteiger partial charge on any atom is -0.339 e. The molecule has 0 atom stereocenters. The molecule has 0 saturated carbocycles. The normalized spacial score (nSPS) is 9.83. The predicted octanol–water partition coefficient (Wildman–Crippen LogP) is 1.69. The van der Waals surface area contributed by atoms with E-state index >= 15 is 0 Å². The SMILES string of the molecule is Cc1cc(C#N)nc(N(C)Cc2cccnc2)n1. The Labute approximate surface area is 106 Å². The zero-order chi connectivity index (χ0) is 13.0. The lowest BCUT2D eigenvalue weighted by Gasteiger charge is -2.17. The summed E-state index contributed by atoms with van der Waals surface area (Å²) in [4.78, 5) is 14.5. The van der Waals surface area contributed by atoms with Crippen LogP contribution in [0.1, 0.15) is 17.0 Å². The second-order valence-electron chi connectivity index (χ2n) is 4.02. The van der Waals surface area contributed by atoms with Crippen LogP contribution in [0.4, 0.5) is 5.95 Å². The molecule has 5 nitrogen and oxygen atoms in total. The Morgan fingerprint density at radius 2 is 2.22 bits per heavy atom. The fourth-order valence-electron chi connectivity index (χ4n) is 1.62. The first kappa shape index (κ1) is 12.0. The summed E-state index contributed by atoms with van der Waals surface area (Å²) in [5.74, 6) is 0.551. The van der Waals surface area contributed by atoms with Gasteiger partial charge in [-0.2, -0.15) is 5.26 Å². The van der Waals surface area contributed by atoms with Gasteiger partial charge in [0, 0.05) is 31.7 Å². The molecule has 0 fully saturated rings. The zero-order valence-electron chi connectivity index (χ0n) is 10.3. The Bertz CT molecular complexity index is 574. The van der Waals surface area contributed by atoms with Crippen LogP contribution >= 0.6 is 0 Å². The minimum atomic E-state index is 0.385. The Morgan fingerprint density at radius 1 is 1.39 bits per heavy atom. The maximum absolute atomic E-state index is 8.89. The molecule has 90 valence electrons. The zero-order valence-corrected chi connectivity index (χ0v) is 10.3. The van der Waals surface area contributed by atoms with Gasteiger partial charge in [-0.3, -0.25) is 4.98 Å². The largest absolute Gasteiger partial charge is 0.339 e. The van der Waals surface area contributed by atoms with E-state index in [0.717, 1.165) is 11.3 Å². The standard InChI is InChI=1S/C13H13N5/c1-10-6-12(7-14)17-13(16-10)18(2)9-11-4-3-5-15-8-11/h3-6,8H,9H2,1-2H3. The molecular formula is C13H13N5. The first-order valence-electron chi connectivity index (χ1n) is 5.55. The summed E-state index contributed by atoms with van der Waals surface area (Å²) < 4.78 is 0. The van der Waals surface area contributed by atoms with Gasteiger partial charge in [0.05, 0.1) is 0 Å². The molecule has 2 heterocycles. The Balaban J connectivity index is 2.21. The van der Waals surface area contributed by atoms with E-state index in [9.17, 15) is 0 Å². The number of aromatic nitrogens is 3. The number of hydrogen-bond donors (Lipinski definition) is 0. The molecule has 2 rings (SSSR count). The average Bonchev–Trinajstić information content (AvgIpc) is 2.39. The van der Waals surface area contributed by atoms with Gasteiger partial charge in [-0.05, 0) is 24.6 Å². The van der Waals surface area contributed by atoms with E-state index in [4.69, 9.17) is 5.26 Å². The predicted molar refractivity (Wildman–Crippen MR) is 67.8 cm³/mol. The smallest absolute Gasteiger partial charge is 0.226 e. The van der Waals surface area contributed by atoms with Crippen LogP contribution in [0.25, 0.3) is 0 Å². The van der Waals surface area contributed by atoms with Crippen LogP contribution in [-0.2, 0) is 6.54 Å². The molecule has 0 unspecified atom stereocenters. The van der Waals surface area contributed by atoms with Crippen molar-refractivity contribution in [3.05, 3.63) is 47.5 Å². The first-order chi connectivity index (χ1) is 8.69. The number of aryl methyl sites for hydroxylation is 1. The summed E-state index contributed by atoms with van der Waals surface area (Å²) in [6, 6.07) is 7.59. The Morgan fingerprint density at radius 3 is 2.89 bits per heavy atom. The topological polar surface area (TPSA) is 65.7 Å². The van der Waals surface area contributed by atoms with Crippen molar-refractivity contribution in [1.82, 2.24) is 15.0 Å². The summed E-state index contributed by atoms with van der Waals surface area (Å²) in [7, 11) is 1.89. The van der Waals surface area contributed by atoms with E-state index in [1.165, 1.54) is 0 Å². The first-order valence-corrected chi connectivity index (χ1v) is 5.55. The molecule has 0 aliphatic rings. The molecule has 0 aromatic carbocycles. The van der Waals surface area contributed by atoms with E-state index in [2.05, 4.69) is 15.0 Å². The molecule has 0 amide bonds. The summed E-state index contributed by atoms with van der Waals surface area (Å²) in [5, 5.41) is 8.89. The van der Waals surface area contributed by atoms with E-state index < -0.39 is 0 Å². The minimum absolute atomic E-state index is 0.385. The van der Waals surface area contributed by atoms with Gasteiger partial charge in [0.2, 0.25) is 5.95 Å². The van der Waals surface area contributed by atoms with Crippen LogP contribution in [0.2, 0.25) is 0 Å². The molecule has 0 aliphatic carbocycles. The average molecular weight is 239 g/mol. The molecule has 0 radical (unpaired) electrons. The van der Waals surface area contributed by atoms with Crippen LogP contribution in [0.5, 0.6) is 0 Å². The van der Waals surface area contributed by atoms with Gasteiger partial charge < -0.3 is 4.90 Å². The molecule has 0 spiro atoms. The lowest BCUT2D eigenvalue weighted by molar-refractivity contribution is 0.852. The van der Waals surface area contributed by atoms with Crippen molar-refractivity contribution in [3.63, 3.8) is 0 Å². The number of pyridine rings is 1. The quantitative estimate of drug-likeness (QED) is 0.815. The van der Waals surface area contributed by atoms with E-state index in [0.29, 0.717) is 18.2 Å². The van der Waals surface area contributed by atoms with E-state index in [-0.39, 0.29) is 0 Å². The molecular weight excluding hydrogens is 226 g/mol. The third-order valence-corrected chi connectivity index (χ3v) is 2.44. The van der Waals surface area contributed by atoms with Gasteiger partial charge >= 0.3 is 0 Å². The van der Waals surface area contributed by atoms with Crippen LogP contribution < -0.4 is 4.90 Å². The van der Waals surface area contributed by atoms with Crippen molar-refractivity contribution in [2.24, 2.45) is 0 Å². The second-order valence-corrected chi connectivity index (χ2v) is 4.02. The maximum Gasteiger partial charge on any atom is 0.226 e. The van der Waals surface area contributed by atoms with Crippen molar-refractivity contribution < 1.29 is 0 Å². The molecule has 2 aromatic rings. The van der Waals surface area contributed by atoms with Gasteiger partial charge in [-0.15, -0.1) is 0 Å². The van der Waals surface area contributed by atoms with E-state index in [1.54, 1.807) is 18.5 Å². The van der Waals surface area contributed by atoms with Gasteiger partial charge in [-0.25, -0.2) is 9.97 Å². The summed E-state index contributed by atoms with van der Waals surface area (Å²) in [6.07, 6.45) is 3.54. The third-order valence-electron chi connectivity index (χ3n) is 2.44. The second kappa shape index (κ2) is 5.23. The lowest BCUT2D eigenvalue weighted by atomic mass is 10.3. The lowest BCUT2D eigenvalue weighted by Crippen LogP contribution is -2.19. The highest BCUT2D eigenvalue weighted by Crippen LogP contribution is 2.11. The number of rotatable bonds is 3. The van der Waals surface area contributed by atoms with Gasteiger partial charge in [-0.1, -0.05) is 6.07 Å². The highest BCUT2D eigenvalue weighted by molar-refractivity contribution is 5.36. The molecule has 5 heteroatoms. The number of nitriles is 1. The molecule has 0 aliphatic heterocycles. The molecule has 2 aromatic heterocycles.